The molecule has 4 aliphatic rings. The molecule has 4 aliphatic heterocycles. The van der Waals surface area contributed by atoms with Gasteiger partial charge in [0.05, 0.1) is 25.9 Å². The molecule has 274 valence electrons. The maximum absolute atomic E-state index is 11.9. The number of nitrogens with one attached hydrogen (secondary N) is 1. The number of rotatable bonds is 10. The Hall–Kier alpha value is -1.29. The number of hydrogen-bond acceptors (Lipinski definition) is 20. The van der Waals surface area contributed by atoms with Gasteiger partial charge in [-0.25, -0.2) is 0 Å². The van der Waals surface area contributed by atoms with Crippen LogP contribution in [0.3, 0.4) is 0 Å². The van der Waals surface area contributed by atoms with Gasteiger partial charge in [0.2, 0.25) is 5.91 Å². The molecule has 0 spiro atoms. The number of hydrogen-bond donors (Lipinski definition) is 13. The zero-order chi connectivity index (χ0) is 34.9. The maximum atomic E-state index is 11.9. The van der Waals surface area contributed by atoms with Crippen molar-refractivity contribution >= 4 is 5.91 Å². The van der Waals surface area contributed by atoms with Crippen molar-refractivity contribution in [2.45, 2.75) is 137 Å². The highest BCUT2D eigenvalue weighted by molar-refractivity contribution is 5.73. The first kappa shape index (κ1) is 38.5. The average molecular weight is 692 g/mol. The number of aliphatic hydroxyl groups is 12. The van der Waals surface area contributed by atoms with Gasteiger partial charge in [0.25, 0.3) is 0 Å². The van der Waals surface area contributed by atoms with Crippen molar-refractivity contribution in [1.29, 1.82) is 0 Å². The number of ether oxygens (including phenoxy) is 7. The topological polar surface area (TPSA) is 336 Å². The van der Waals surface area contributed by atoms with E-state index in [1.807, 2.05) is 0 Å². The lowest BCUT2D eigenvalue weighted by Crippen LogP contribution is -2.69. The highest BCUT2D eigenvalue weighted by atomic mass is 16.8. The predicted octanol–water partition coefficient (Wildman–Crippen LogP) is -8.58. The standard InChI is InChI=1S/C26H45NO20/c1-6-12(32)15(35)17(37)24(41-6)47-22-19(39)26(46-21-11(27-7(2)31)23(40)42-9(4-29)14(21)34)44-10(5-30)20(22)45-25-18(38)16(36)13(33)8(3-28)43-25/h6,8-26,28-30,32-40H,3-5H2,1-2H3,(H,27,31)/t6-,8+,9+,10+,11+,12+,13-,14+,15+,16-,17-,18+,19+,20-,21+,22+,23?,24-,25-,26-/m0/s1. The van der Waals surface area contributed by atoms with Crippen molar-refractivity contribution in [3.63, 3.8) is 0 Å². The van der Waals surface area contributed by atoms with Gasteiger partial charge in [0.1, 0.15) is 91.5 Å². The van der Waals surface area contributed by atoms with Crippen molar-refractivity contribution in [3.8, 4) is 0 Å². The molecular weight excluding hydrogens is 646 g/mol. The highest BCUT2D eigenvalue weighted by Crippen LogP contribution is 2.35. The molecule has 0 bridgehead atoms. The summed E-state index contributed by atoms with van der Waals surface area (Å²) in [5.41, 5.74) is 0. The lowest BCUT2D eigenvalue weighted by Gasteiger charge is -2.50. The Labute approximate surface area is 267 Å². The fourth-order valence-corrected chi connectivity index (χ4v) is 5.88. The first-order valence-electron chi connectivity index (χ1n) is 15.0. The average Bonchev–Trinajstić information content (AvgIpc) is 3.04. The molecular formula is C26H45NO20. The molecule has 4 saturated heterocycles. The van der Waals surface area contributed by atoms with E-state index in [1.54, 1.807) is 0 Å². The zero-order valence-electron chi connectivity index (χ0n) is 25.3. The van der Waals surface area contributed by atoms with Gasteiger partial charge in [0, 0.05) is 6.92 Å². The minimum Gasteiger partial charge on any atom is -0.394 e. The van der Waals surface area contributed by atoms with Crippen LogP contribution in [0.2, 0.25) is 0 Å². The number of amides is 1. The van der Waals surface area contributed by atoms with Gasteiger partial charge in [-0.2, -0.15) is 0 Å². The molecule has 21 heteroatoms. The zero-order valence-corrected chi connectivity index (χ0v) is 25.3. The monoisotopic (exact) mass is 691 g/mol. The van der Waals surface area contributed by atoms with Gasteiger partial charge in [-0.1, -0.05) is 0 Å². The van der Waals surface area contributed by atoms with Gasteiger partial charge in [-0.3, -0.25) is 4.79 Å². The van der Waals surface area contributed by atoms with E-state index < -0.39 is 148 Å². The van der Waals surface area contributed by atoms with Gasteiger partial charge < -0.3 is 99.8 Å². The van der Waals surface area contributed by atoms with Crippen LogP contribution in [-0.4, -0.2) is 210 Å². The lowest BCUT2D eigenvalue weighted by atomic mass is 9.94. The van der Waals surface area contributed by atoms with E-state index in [-0.39, 0.29) is 0 Å². The van der Waals surface area contributed by atoms with E-state index in [9.17, 15) is 66.1 Å². The molecule has 0 aromatic heterocycles. The summed E-state index contributed by atoms with van der Waals surface area (Å²) in [4.78, 5) is 11.9. The van der Waals surface area contributed by atoms with Crippen LogP contribution in [0.4, 0.5) is 0 Å². The smallest absolute Gasteiger partial charge is 0.217 e. The summed E-state index contributed by atoms with van der Waals surface area (Å²) in [6.45, 7) is -0.124. The minimum atomic E-state index is -2.06. The first-order valence-corrected chi connectivity index (χ1v) is 15.0. The SMILES string of the molecule is CC(=O)N[C@H]1C(O)O[C@H](CO)[C@@H](O)[C@@H]1O[C@@H]1O[C@H](CO)[C@H](O[C@@H]2O[C@H](CO)[C@H](O)[C@H](O)[C@H]2O)[C@H](O[C@@H]2O[C@@H](C)[C@@H](O)[C@@H](O)[C@@H]2O)[C@H]1O. The van der Waals surface area contributed by atoms with Crippen molar-refractivity contribution < 1.29 is 99.2 Å². The molecule has 20 atom stereocenters. The molecule has 0 aromatic rings. The summed E-state index contributed by atoms with van der Waals surface area (Å²) < 4.78 is 39.2. The van der Waals surface area contributed by atoms with Gasteiger partial charge in [-0.05, 0) is 6.92 Å². The Morgan fingerprint density at radius 2 is 1.02 bits per heavy atom. The summed E-state index contributed by atoms with van der Waals surface area (Å²) >= 11 is 0. The van der Waals surface area contributed by atoms with Crippen molar-refractivity contribution in [3.05, 3.63) is 0 Å². The second-order valence-corrected chi connectivity index (χ2v) is 11.9. The lowest BCUT2D eigenvalue weighted by molar-refractivity contribution is -0.394. The molecule has 0 aliphatic carbocycles. The van der Waals surface area contributed by atoms with Crippen LogP contribution < -0.4 is 5.32 Å². The van der Waals surface area contributed by atoms with E-state index >= 15 is 0 Å². The van der Waals surface area contributed by atoms with Crippen molar-refractivity contribution in [2.75, 3.05) is 19.8 Å². The first-order chi connectivity index (χ1) is 22.1. The van der Waals surface area contributed by atoms with Gasteiger partial charge in [0.15, 0.2) is 25.2 Å². The molecule has 47 heavy (non-hydrogen) atoms. The third-order valence-electron chi connectivity index (χ3n) is 8.57. The number of aliphatic hydroxyl groups excluding tert-OH is 12. The second kappa shape index (κ2) is 16.2. The predicted molar refractivity (Wildman–Crippen MR) is 144 cm³/mol. The third kappa shape index (κ3) is 8.04. The van der Waals surface area contributed by atoms with Gasteiger partial charge >= 0.3 is 0 Å². The summed E-state index contributed by atoms with van der Waals surface area (Å²) in [5.74, 6) is -0.688. The molecule has 4 fully saturated rings. The molecule has 0 aromatic carbocycles. The Morgan fingerprint density at radius 1 is 0.553 bits per heavy atom. The molecule has 4 heterocycles. The molecule has 21 nitrogen and oxygen atoms in total. The summed E-state index contributed by atoms with van der Waals surface area (Å²) in [6, 6.07) is -1.49. The van der Waals surface area contributed by atoms with E-state index in [1.165, 1.54) is 6.92 Å². The van der Waals surface area contributed by atoms with E-state index in [4.69, 9.17) is 33.2 Å². The molecule has 0 saturated carbocycles. The van der Waals surface area contributed by atoms with Crippen LogP contribution in [-0.2, 0) is 38.0 Å². The fourth-order valence-electron chi connectivity index (χ4n) is 5.88. The third-order valence-corrected chi connectivity index (χ3v) is 8.57. The highest BCUT2D eigenvalue weighted by Gasteiger charge is 2.56. The Kier molecular flexibility index (Phi) is 13.2. The largest absolute Gasteiger partial charge is 0.394 e. The fraction of sp³-hybridized carbons (Fsp3) is 0.962. The van der Waals surface area contributed by atoms with Crippen molar-refractivity contribution in [2.24, 2.45) is 0 Å². The van der Waals surface area contributed by atoms with Crippen molar-refractivity contribution in [1.82, 2.24) is 5.32 Å². The normalized spacial score (nSPS) is 51.0. The number of carbonyl (C=O) groups excluding carboxylic acids is 1. The quantitative estimate of drug-likeness (QED) is 0.101. The molecule has 0 radical (unpaired) electrons. The molecule has 13 N–H and O–H groups in total. The van der Waals surface area contributed by atoms with Crippen LogP contribution in [0.5, 0.6) is 0 Å². The van der Waals surface area contributed by atoms with Crippen LogP contribution >= 0.6 is 0 Å². The molecule has 4 rings (SSSR count). The second-order valence-electron chi connectivity index (χ2n) is 11.9. The maximum Gasteiger partial charge on any atom is 0.217 e. The minimum absolute atomic E-state index is 0.688. The van der Waals surface area contributed by atoms with Crippen LogP contribution in [0.25, 0.3) is 0 Å². The van der Waals surface area contributed by atoms with E-state index in [0.717, 1.165) is 6.92 Å². The molecule has 1 amide bonds. The van der Waals surface area contributed by atoms with Crippen LogP contribution in [0.1, 0.15) is 13.8 Å². The number of carbonyl (C=O) groups is 1. The Bertz CT molecular complexity index is 1010. The Balaban J connectivity index is 1.67. The summed E-state index contributed by atoms with van der Waals surface area (Å²) in [7, 11) is 0. The van der Waals surface area contributed by atoms with Crippen LogP contribution in [0, 0.1) is 0 Å². The summed E-state index contributed by atoms with van der Waals surface area (Å²) in [6.07, 6.45) is -32.8. The van der Waals surface area contributed by atoms with Gasteiger partial charge in [-0.15, -0.1) is 0 Å². The van der Waals surface area contributed by atoms with E-state index in [0.29, 0.717) is 0 Å². The van der Waals surface area contributed by atoms with E-state index in [2.05, 4.69) is 5.32 Å². The summed E-state index contributed by atoms with van der Waals surface area (Å²) in [5, 5.41) is 127. The molecule has 1 unspecified atom stereocenters. The Morgan fingerprint density at radius 3 is 1.60 bits per heavy atom. The van der Waals surface area contributed by atoms with Crippen LogP contribution in [0.15, 0.2) is 0 Å².